The third kappa shape index (κ3) is 3.38. The number of aliphatic hydroxyl groups excluding tert-OH is 1. The second-order valence-corrected chi connectivity index (χ2v) is 12.4. The molecule has 3 saturated carbocycles. The van der Waals surface area contributed by atoms with Crippen LogP contribution in [-0.2, 0) is 14.3 Å². The van der Waals surface area contributed by atoms with Crippen LogP contribution in [0.4, 0.5) is 0 Å². The van der Waals surface area contributed by atoms with Gasteiger partial charge in [-0.25, -0.2) is 4.79 Å². The predicted octanol–water partition coefficient (Wildman–Crippen LogP) is 2.98. The van der Waals surface area contributed by atoms with E-state index in [1.165, 1.54) is 13.0 Å². The number of ether oxygens (including phenoxy) is 1. The second kappa shape index (κ2) is 8.23. The van der Waals surface area contributed by atoms with Crippen molar-refractivity contribution in [3.8, 4) is 0 Å². The number of fused-ring (bicyclic) bond motifs is 5. The van der Waals surface area contributed by atoms with Gasteiger partial charge in [-0.15, -0.1) is 0 Å². The number of rotatable bonds is 4. The van der Waals surface area contributed by atoms with Gasteiger partial charge in [0, 0.05) is 12.0 Å². The van der Waals surface area contributed by atoms with Crippen molar-refractivity contribution >= 4 is 11.8 Å². The van der Waals surface area contributed by atoms with Gasteiger partial charge >= 0.3 is 5.97 Å². The minimum absolute atomic E-state index is 0.0172. The topological polar surface area (TPSA) is 124 Å². The van der Waals surface area contributed by atoms with Crippen molar-refractivity contribution in [3.05, 3.63) is 23.3 Å². The van der Waals surface area contributed by atoms with E-state index in [1.54, 1.807) is 6.92 Å². The average Bonchev–Trinajstić information content (AvgIpc) is 3.00. The Bertz CT molecular complexity index is 984. The molecule has 3 fully saturated rings. The van der Waals surface area contributed by atoms with Crippen LogP contribution in [0.3, 0.4) is 0 Å². The molecule has 0 aromatic heterocycles. The molecule has 8 atom stereocenters. The average molecular weight is 491 g/mol. The Balaban J connectivity index is 1.85. The monoisotopic (exact) mass is 490 g/mol. The maximum Gasteiger partial charge on any atom is 0.330 e. The smallest absolute Gasteiger partial charge is 0.330 e. The van der Waals surface area contributed by atoms with Gasteiger partial charge in [-0.3, -0.25) is 4.79 Å². The first-order chi connectivity index (χ1) is 16.1. The maximum absolute atomic E-state index is 13.0. The van der Waals surface area contributed by atoms with Gasteiger partial charge in [0.25, 0.3) is 0 Å². The van der Waals surface area contributed by atoms with Gasteiger partial charge in [0.05, 0.1) is 11.5 Å². The lowest BCUT2D eigenvalue weighted by Gasteiger charge is -2.67. The van der Waals surface area contributed by atoms with E-state index in [2.05, 4.69) is 6.92 Å². The number of aliphatic hydroxyl groups is 4. The molecule has 0 saturated heterocycles. The van der Waals surface area contributed by atoms with Crippen LogP contribution in [0.25, 0.3) is 0 Å². The predicted molar refractivity (Wildman–Crippen MR) is 130 cm³/mol. The van der Waals surface area contributed by atoms with Crippen molar-refractivity contribution in [3.63, 3.8) is 0 Å². The molecule has 0 radical (unpaired) electrons. The molecule has 0 aromatic rings. The van der Waals surface area contributed by atoms with E-state index in [9.17, 15) is 30.0 Å². The van der Waals surface area contributed by atoms with E-state index in [1.807, 2.05) is 26.8 Å². The van der Waals surface area contributed by atoms with E-state index >= 15 is 0 Å². The summed E-state index contributed by atoms with van der Waals surface area (Å²) in [6.07, 6.45) is 4.01. The zero-order chi connectivity index (χ0) is 26.2. The lowest BCUT2D eigenvalue weighted by Crippen LogP contribution is -2.78. The quantitative estimate of drug-likeness (QED) is 0.271. The Morgan fingerprint density at radius 3 is 2.37 bits per heavy atom. The fourth-order valence-electron chi connectivity index (χ4n) is 7.90. The number of hydrogen-bond donors (Lipinski definition) is 4. The zero-order valence-corrected chi connectivity index (χ0v) is 21.9. The van der Waals surface area contributed by atoms with Crippen molar-refractivity contribution in [2.24, 2.45) is 22.7 Å². The van der Waals surface area contributed by atoms with Crippen LogP contribution < -0.4 is 0 Å². The van der Waals surface area contributed by atoms with Crippen molar-refractivity contribution in [1.29, 1.82) is 0 Å². The zero-order valence-electron chi connectivity index (χ0n) is 21.9. The molecule has 7 nitrogen and oxygen atoms in total. The summed E-state index contributed by atoms with van der Waals surface area (Å²) in [6.45, 7) is 10.7. The third-order valence-corrected chi connectivity index (χ3v) is 10.7. The Kier molecular flexibility index (Phi) is 6.24. The highest BCUT2D eigenvalue weighted by Gasteiger charge is 2.81. The first-order valence-corrected chi connectivity index (χ1v) is 13.0. The molecule has 0 aromatic carbocycles. The summed E-state index contributed by atoms with van der Waals surface area (Å²) in [5, 5.41) is 46.7. The summed E-state index contributed by atoms with van der Waals surface area (Å²) >= 11 is 0. The van der Waals surface area contributed by atoms with Crippen molar-refractivity contribution < 1.29 is 34.8 Å². The van der Waals surface area contributed by atoms with Crippen molar-refractivity contribution in [1.82, 2.24) is 0 Å². The molecule has 7 heteroatoms. The van der Waals surface area contributed by atoms with Crippen LogP contribution >= 0.6 is 0 Å². The number of ketones is 1. The minimum Gasteiger partial charge on any atom is -0.458 e. The number of Topliss-reactive ketones (excluding diaryl/α,β-unsaturated/α-hetero) is 1. The molecule has 35 heavy (non-hydrogen) atoms. The molecule has 4 aliphatic rings. The molecule has 0 heterocycles. The Labute approximate surface area is 208 Å². The van der Waals surface area contributed by atoms with Crippen LogP contribution in [0.5, 0.6) is 0 Å². The van der Waals surface area contributed by atoms with Gasteiger partial charge in [-0.2, -0.15) is 0 Å². The van der Waals surface area contributed by atoms with Gasteiger partial charge in [0.1, 0.15) is 22.9 Å². The first-order valence-electron chi connectivity index (χ1n) is 13.0. The Morgan fingerprint density at radius 2 is 1.77 bits per heavy atom. The summed E-state index contributed by atoms with van der Waals surface area (Å²) in [4.78, 5) is 25.9. The molecule has 0 spiro atoms. The van der Waals surface area contributed by atoms with Crippen molar-refractivity contribution in [2.75, 3.05) is 0 Å². The molecule has 0 amide bonds. The third-order valence-electron chi connectivity index (χ3n) is 10.7. The Hall–Kier alpha value is -1.54. The van der Waals surface area contributed by atoms with Gasteiger partial charge in [-0.05, 0) is 77.0 Å². The lowest BCUT2D eigenvalue weighted by atomic mass is 9.42. The number of hydrogen-bond acceptors (Lipinski definition) is 7. The molecular weight excluding hydrogens is 448 g/mol. The molecule has 3 unspecified atom stereocenters. The number of esters is 1. The van der Waals surface area contributed by atoms with Crippen LogP contribution in [0, 0.1) is 22.7 Å². The summed E-state index contributed by atoms with van der Waals surface area (Å²) in [6, 6.07) is 0. The fraction of sp³-hybridized carbons (Fsp3) is 0.786. The maximum atomic E-state index is 13.0. The minimum atomic E-state index is -1.95. The highest BCUT2D eigenvalue weighted by atomic mass is 16.5. The fourth-order valence-corrected chi connectivity index (χ4v) is 7.90. The van der Waals surface area contributed by atoms with Crippen LogP contribution in [-0.4, -0.2) is 61.2 Å². The standard InChI is InChI=1S/C28H42O7/c1-16(2)17(3)13-23(31)35-22-15-21-24(5)9-8-20(30)14-19(24)7-10-27(21,33)28(34)12-11-26(32,18(4)29)25(22,28)6/h7,13,16,20-22,30,32-34H,8-12,14-15H2,1-6H3/t20?,21?,22?,24-,25+,26-,27-,28+/m0/s1. The molecule has 4 rings (SSSR count). The van der Waals surface area contributed by atoms with Gasteiger partial charge < -0.3 is 25.2 Å². The van der Waals surface area contributed by atoms with Crippen LogP contribution in [0.2, 0.25) is 0 Å². The van der Waals surface area contributed by atoms with Crippen LogP contribution in [0.15, 0.2) is 23.3 Å². The number of allylic oxidation sites excluding steroid dienone is 1. The molecule has 4 aliphatic carbocycles. The van der Waals surface area contributed by atoms with Gasteiger partial charge in [0.15, 0.2) is 5.78 Å². The Morgan fingerprint density at radius 1 is 1.11 bits per heavy atom. The summed E-state index contributed by atoms with van der Waals surface area (Å²) < 4.78 is 6.01. The molecule has 4 N–H and O–H groups in total. The SMILES string of the molecule is CC(=O)[C@@]1(O)CC[C@@]2(O)[C@]1(C)C(OC(=O)C=C(C)C(C)C)CC1[C@@]3(C)CCC(O)CC3=CC[C@]12O. The lowest BCUT2D eigenvalue weighted by molar-refractivity contribution is -0.314. The largest absolute Gasteiger partial charge is 0.458 e. The van der Waals surface area contributed by atoms with E-state index < -0.39 is 57.5 Å². The summed E-state index contributed by atoms with van der Waals surface area (Å²) in [7, 11) is 0. The van der Waals surface area contributed by atoms with Gasteiger partial charge in [-0.1, -0.05) is 38.0 Å². The highest BCUT2D eigenvalue weighted by molar-refractivity contribution is 5.87. The van der Waals surface area contributed by atoms with E-state index in [0.29, 0.717) is 19.3 Å². The molecule has 0 aliphatic heterocycles. The molecule has 196 valence electrons. The van der Waals surface area contributed by atoms with Crippen molar-refractivity contribution in [2.45, 2.75) is 115 Å². The molecular formula is C28H42O7. The van der Waals surface area contributed by atoms with E-state index in [-0.39, 0.29) is 31.6 Å². The van der Waals surface area contributed by atoms with Crippen LogP contribution in [0.1, 0.15) is 86.5 Å². The van der Waals surface area contributed by atoms with E-state index in [4.69, 9.17) is 4.74 Å². The normalized spacial score (nSPS) is 47.5. The van der Waals surface area contributed by atoms with Gasteiger partial charge in [0.2, 0.25) is 0 Å². The second-order valence-electron chi connectivity index (χ2n) is 12.4. The first kappa shape index (κ1) is 26.5. The number of carbonyl (C=O) groups excluding carboxylic acids is 2. The summed E-state index contributed by atoms with van der Waals surface area (Å²) in [5.74, 6) is -1.41. The highest BCUT2D eigenvalue weighted by Crippen LogP contribution is 2.70. The summed E-state index contributed by atoms with van der Waals surface area (Å²) in [5.41, 5.74) is -5.62. The number of carbonyl (C=O) groups is 2. The van der Waals surface area contributed by atoms with E-state index in [0.717, 1.165) is 11.1 Å². The molecule has 0 bridgehead atoms.